The molecule has 0 saturated heterocycles. The summed E-state index contributed by atoms with van der Waals surface area (Å²) in [5.74, 6) is -1.03. The van der Waals surface area contributed by atoms with E-state index in [9.17, 15) is 22.8 Å². The van der Waals surface area contributed by atoms with E-state index in [1.165, 1.54) is 20.1 Å². The van der Waals surface area contributed by atoms with E-state index in [4.69, 9.17) is 20.1 Å². The molecule has 1 aliphatic rings. The summed E-state index contributed by atoms with van der Waals surface area (Å²) in [6.07, 6.45) is -6.33. The Morgan fingerprint density at radius 3 is 2.83 bits per heavy atom. The summed E-state index contributed by atoms with van der Waals surface area (Å²) in [4.78, 5) is 28.4. The molecule has 1 aromatic heterocycles. The number of carbonyl (C=O) groups is 1. The van der Waals surface area contributed by atoms with Crippen LogP contribution in [0.5, 0.6) is 5.75 Å². The Morgan fingerprint density at radius 2 is 2.24 bits per heavy atom. The first-order chi connectivity index (χ1) is 13.5. The molecule has 1 amide bonds. The van der Waals surface area contributed by atoms with Crippen molar-refractivity contribution in [3.05, 3.63) is 28.3 Å². The predicted octanol–water partition coefficient (Wildman–Crippen LogP) is 1.80. The molecule has 0 aliphatic carbocycles. The Hall–Kier alpha value is -2.54. The third-order valence-corrected chi connectivity index (χ3v) is 5.19. The van der Waals surface area contributed by atoms with Gasteiger partial charge in [-0.1, -0.05) is 5.16 Å². The number of thioether (sulfide) groups is 1. The number of carbonyl (C=O) groups excluding carboxylic acids is 1. The number of rotatable bonds is 7. The Morgan fingerprint density at radius 1 is 1.55 bits per heavy atom. The maximum Gasteiger partial charge on any atom is 0.389 e. The zero-order chi connectivity index (χ0) is 21.8. The van der Waals surface area contributed by atoms with Crippen LogP contribution in [0.2, 0.25) is 0 Å². The van der Waals surface area contributed by atoms with E-state index < -0.39 is 42.3 Å². The Labute approximate surface area is 167 Å². The molecule has 1 aromatic rings. The van der Waals surface area contributed by atoms with Gasteiger partial charge in [0.1, 0.15) is 22.3 Å². The van der Waals surface area contributed by atoms with Crippen molar-refractivity contribution in [3.8, 4) is 5.75 Å². The minimum atomic E-state index is -4.49. The minimum absolute atomic E-state index is 0.0188. The molecular formula is C16H19F3N4O5S. The first-order valence-electron chi connectivity index (χ1n) is 8.25. The van der Waals surface area contributed by atoms with Crippen molar-refractivity contribution in [3.63, 3.8) is 0 Å². The second-order valence-corrected chi connectivity index (χ2v) is 7.18. The maximum atomic E-state index is 12.7. The number of ether oxygens (including phenoxy) is 1. The van der Waals surface area contributed by atoms with Crippen LogP contribution in [0.1, 0.15) is 31.6 Å². The van der Waals surface area contributed by atoms with Crippen LogP contribution in [0.3, 0.4) is 0 Å². The van der Waals surface area contributed by atoms with E-state index >= 15 is 0 Å². The van der Waals surface area contributed by atoms with Crippen molar-refractivity contribution in [2.24, 2.45) is 15.9 Å². The number of hydrogen-bond donors (Lipinski definition) is 3. The number of oxime groups is 1. The number of hydrogen-bond acceptors (Lipinski definition) is 9. The lowest BCUT2D eigenvalue weighted by atomic mass is 10.1. The molecule has 0 aromatic carbocycles. The van der Waals surface area contributed by atoms with E-state index in [1.54, 1.807) is 0 Å². The summed E-state index contributed by atoms with van der Waals surface area (Å²) < 4.78 is 48.1. The molecule has 160 valence electrons. The third kappa shape index (κ3) is 5.97. The van der Waals surface area contributed by atoms with Crippen molar-refractivity contribution < 1.29 is 32.3 Å². The second-order valence-electron chi connectivity index (χ2n) is 6.21. The Balaban J connectivity index is 2.30. The van der Waals surface area contributed by atoms with Crippen LogP contribution in [-0.4, -0.2) is 46.6 Å². The molecule has 2 heterocycles. The summed E-state index contributed by atoms with van der Waals surface area (Å²) in [5.41, 5.74) is 3.49. The molecule has 1 aliphatic heterocycles. The van der Waals surface area contributed by atoms with Crippen molar-refractivity contribution in [2.75, 3.05) is 12.9 Å². The molecule has 0 bridgehead atoms. The Kier molecular flexibility index (Phi) is 6.95. The fourth-order valence-electron chi connectivity index (χ4n) is 2.41. The van der Waals surface area contributed by atoms with Crippen LogP contribution < -0.4 is 21.4 Å². The molecule has 2 rings (SSSR count). The highest BCUT2D eigenvalue weighted by Crippen LogP contribution is 2.30. The van der Waals surface area contributed by atoms with Gasteiger partial charge in [0.2, 0.25) is 0 Å². The van der Waals surface area contributed by atoms with Crippen LogP contribution in [0.4, 0.5) is 13.2 Å². The van der Waals surface area contributed by atoms with E-state index in [-0.39, 0.29) is 28.0 Å². The highest BCUT2D eigenvalue weighted by Gasteiger charge is 2.41. The fourth-order valence-corrected chi connectivity index (χ4v) is 3.44. The summed E-state index contributed by atoms with van der Waals surface area (Å²) in [6.45, 7) is 1.45. The van der Waals surface area contributed by atoms with Gasteiger partial charge in [0, 0.05) is 18.2 Å². The van der Waals surface area contributed by atoms with Gasteiger partial charge in [-0.15, -0.1) is 11.8 Å². The zero-order valence-corrected chi connectivity index (χ0v) is 16.3. The average molecular weight is 436 g/mol. The van der Waals surface area contributed by atoms with Gasteiger partial charge in [-0.3, -0.25) is 10.5 Å². The normalized spacial score (nSPS) is 20.9. The lowest BCUT2D eigenvalue weighted by Gasteiger charge is -2.24. The standard InChI is InChI=1S/C16H19F3N4O5S/c1-8(23-26)13-22-15(20,7-29-13)14(25)21-10(3-4-16(17,18)19)11-5-9(27-2)6-12(24)28-11/h5-6,10,26H,3-4,7,20H2,1-2H3,(H,21,25)/b23-8-/t10-,15+/m1/s1. The highest BCUT2D eigenvalue weighted by atomic mass is 32.2. The number of nitrogens with two attached hydrogens (primary N) is 1. The van der Waals surface area contributed by atoms with Crippen LogP contribution >= 0.6 is 11.8 Å². The van der Waals surface area contributed by atoms with Gasteiger partial charge in [-0.25, -0.2) is 9.79 Å². The SMILES string of the molecule is COc1cc([C@@H](CCC(F)(F)F)NC(=O)[C@]2(N)CSC(/C(C)=N\O)=N2)oc(=O)c1. The molecule has 2 atom stereocenters. The number of aliphatic imine (C=N–C) groups is 1. The molecule has 0 spiro atoms. The van der Waals surface area contributed by atoms with E-state index in [0.717, 1.165) is 17.8 Å². The quantitative estimate of drug-likeness (QED) is 0.336. The van der Waals surface area contributed by atoms with Crippen LogP contribution in [0.25, 0.3) is 0 Å². The summed E-state index contributed by atoms with van der Waals surface area (Å²) in [7, 11) is 1.27. The van der Waals surface area contributed by atoms with Gasteiger partial charge in [-0.05, 0) is 13.3 Å². The number of alkyl halides is 3. The van der Waals surface area contributed by atoms with Gasteiger partial charge < -0.3 is 19.7 Å². The summed E-state index contributed by atoms with van der Waals surface area (Å²) >= 11 is 1.06. The number of nitrogens with one attached hydrogen (secondary N) is 1. The molecule has 29 heavy (non-hydrogen) atoms. The molecule has 4 N–H and O–H groups in total. The first-order valence-corrected chi connectivity index (χ1v) is 9.23. The van der Waals surface area contributed by atoms with Gasteiger partial charge in [0.05, 0.1) is 19.2 Å². The molecule has 0 unspecified atom stereocenters. The molecule has 0 fully saturated rings. The third-order valence-electron chi connectivity index (χ3n) is 3.95. The highest BCUT2D eigenvalue weighted by molar-refractivity contribution is 8.16. The molecular weight excluding hydrogens is 417 g/mol. The second kappa shape index (κ2) is 8.86. The van der Waals surface area contributed by atoms with Crippen molar-refractivity contribution >= 4 is 28.4 Å². The number of nitrogens with zero attached hydrogens (tertiary/aromatic N) is 2. The van der Waals surface area contributed by atoms with E-state index in [1.807, 2.05) is 0 Å². The van der Waals surface area contributed by atoms with Crippen molar-refractivity contribution in [1.29, 1.82) is 0 Å². The molecule has 0 saturated carbocycles. The number of halogens is 3. The van der Waals surface area contributed by atoms with Crippen molar-refractivity contribution in [1.82, 2.24) is 5.32 Å². The Bertz CT molecular complexity index is 886. The van der Waals surface area contributed by atoms with Gasteiger partial charge in [0.25, 0.3) is 5.91 Å². The average Bonchev–Trinajstić information content (AvgIpc) is 3.06. The molecule has 9 nitrogen and oxygen atoms in total. The van der Waals surface area contributed by atoms with E-state index in [0.29, 0.717) is 0 Å². The number of methoxy groups -OCH3 is 1. The lowest BCUT2D eigenvalue weighted by Crippen LogP contribution is -2.54. The minimum Gasteiger partial charge on any atom is -0.496 e. The summed E-state index contributed by atoms with van der Waals surface area (Å²) in [5, 5.41) is 14.4. The van der Waals surface area contributed by atoms with E-state index in [2.05, 4.69) is 15.5 Å². The fraction of sp³-hybridized carbons (Fsp3) is 0.500. The topological polar surface area (TPSA) is 140 Å². The largest absolute Gasteiger partial charge is 0.496 e. The van der Waals surface area contributed by atoms with Gasteiger partial charge in [0.15, 0.2) is 5.66 Å². The van der Waals surface area contributed by atoms with Crippen LogP contribution in [0, 0.1) is 0 Å². The number of amides is 1. The van der Waals surface area contributed by atoms with Crippen molar-refractivity contribution in [2.45, 2.75) is 37.6 Å². The zero-order valence-electron chi connectivity index (χ0n) is 15.4. The lowest BCUT2D eigenvalue weighted by molar-refractivity contribution is -0.139. The first kappa shape index (κ1) is 22.7. The van der Waals surface area contributed by atoms with Gasteiger partial charge >= 0.3 is 11.8 Å². The van der Waals surface area contributed by atoms with Crippen LogP contribution in [-0.2, 0) is 4.79 Å². The van der Waals surface area contributed by atoms with Gasteiger partial charge in [-0.2, -0.15) is 13.2 Å². The smallest absolute Gasteiger partial charge is 0.389 e. The monoisotopic (exact) mass is 436 g/mol. The molecule has 13 heteroatoms. The summed E-state index contributed by atoms with van der Waals surface area (Å²) in [6, 6.07) is 0.925. The van der Waals surface area contributed by atoms with Crippen LogP contribution in [0.15, 0.2) is 31.5 Å². The molecule has 0 radical (unpaired) electrons. The predicted molar refractivity (Wildman–Crippen MR) is 99.4 cm³/mol. The maximum absolute atomic E-state index is 12.7.